The van der Waals surface area contributed by atoms with Gasteiger partial charge in [-0.2, -0.15) is 0 Å². The quantitative estimate of drug-likeness (QED) is 0.624. The van der Waals surface area contributed by atoms with E-state index in [2.05, 4.69) is 10.0 Å². The SMILES string of the molecule is CCCS(=O)(=O)Nc1cccc(C(=O)NCCCN)c1.Cl. The van der Waals surface area contributed by atoms with Crippen LogP contribution in [0.2, 0.25) is 0 Å². The molecule has 0 aliphatic rings. The van der Waals surface area contributed by atoms with E-state index in [4.69, 9.17) is 5.73 Å². The van der Waals surface area contributed by atoms with Crippen LogP contribution in [0.5, 0.6) is 0 Å². The lowest BCUT2D eigenvalue weighted by Crippen LogP contribution is -2.26. The Labute approximate surface area is 132 Å². The van der Waals surface area contributed by atoms with E-state index >= 15 is 0 Å². The summed E-state index contributed by atoms with van der Waals surface area (Å²) in [4.78, 5) is 11.8. The molecule has 0 aliphatic heterocycles. The van der Waals surface area contributed by atoms with E-state index in [1.54, 1.807) is 25.1 Å². The molecule has 21 heavy (non-hydrogen) atoms. The Kier molecular flexibility index (Phi) is 9.00. The number of hydrogen-bond donors (Lipinski definition) is 3. The predicted octanol–water partition coefficient (Wildman–Crippen LogP) is 1.34. The van der Waals surface area contributed by atoms with Crippen LogP contribution in [0.1, 0.15) is 30.1 Å². The van der Waals surface area contributed by atoms with Gasteiger partial charge in [0.05, 0.1) is 5.75 Å². The summed E-state index contributed by atoms with van der Waals surface area (Å²) in [6.07, 6.45) is 1.24. The molecule has 1 aromatic carbocycles. The van der Waals surface area contributed by atoms with Crippen LogP contribution in [0.4, 0.5) is 5.69 Å². The number of hydrogen-bond acceptors (Lipinski definition) is 4. The van der Waals surface area contributed by atoms with Gasteiger partial charge in [-0.05, 0) is 37.6 Å². The number of anilines is 1. The zero-order valence-corrected chi connectivity index (χ0v) is 13.6. The first kappa shape index (κ1) is 19.7. The highest BCUT2D eigenvalue weighted by atomic mass is 35.5. The van der Waals surface area contributed by atoms with Crippen molar-refractivity contribution < 1.29 is 13.2 Å². The highest BCUT2D eigenvalue weighted by Gasteiger charge is 2.10. The molecule has 0 radical (unpaired) electrons. The molecule has 0 unspecified atom stereocenters. The van der Waals surface area contributed by atoms with Gasteiger partial charge in [-0.3, -0.25) is 9.52 Å². The highest BCUT2D eigenvalue weighted by Crippen LogP contribution is 2.13. The first-order valence-electron chi connectivity index (χ1n) is 6.57. The maximum Gasteiger partial charge on any atom is 0.251 e. The summed E-state index contributed by atoms with van der Waals surface area (Å²) in [5, 5.41) is 2.72. The number of rotatable bonds is 8. The van der Waals surface area contributed by atoms with Crippen molar-refractivity contribution in [1.82, 2.24) is 5.32 Å². The van der Waals surface area contributed by atoms with Gasteiger partial charge in [0.15, 0.2) is 0 Å². The first-order valence-corrected chi connectivity index (χ1v) is 8.22. The Morgan fingerprint density at radius 3 is 2.67 bits per heavy atom. The number of carbonyl (C=O) groups is 1. The largest absolute Gasteiger partial charge is 0.352 e. The predicted molar refractivity (Wildman–Crippen MR) is 87.4 cm³/mol. The Hall–Kier alpha value is -1.31. The van der Waals surface area contributed by atoms with Crippen LogP contribution in [0, 0.1) is 0 Å². The average molecular weight is 336 g/mol. The highest BCUT2D eigenvalue weighted by molar-refractivity contribution is 7.92. The van der Waals surface area contributed by atoms with Gasteiger partial charge in [-0.1, -0.05) is 13.0 Å². The minimum Gasteiger partial charge on any atom is -0.352 e. The third-order valence-electron chi connectivity index (χ3n) is 2.54. The summed E-state index contributed by atoms with van der Waals surface area (Å²) in [5.74, 6) is -0.185. The van der Waals surface area contributed by atoms with Crippen molar-refractivity contribution in [2.75, 3.05) is 23.6 Å². The van der Waals surface area contributed by atoms with Crippen molar-refractivity contribution in [2.24, 2.45) is 5.73 Å². The second kappa shape index (κ2) is 9.59. The molecule has 4 N–H and O–H groups in total. The van der Waals surface area contributed by atoms with Gasteiger partial charge in [0.1, 0.15) is 0 Å². The second-order valence-electron chi connectivity index (χ2n) is 4.40. The van der Waals surface area contributed by atoms with Gasteiger partial charge in [0.25, 0.3) is 5.91 Å². The lowest BCUT2D eigenvalue weighted by atomic mass is 10.2. The Morgan fingerprint density at radius 1 is 1.33 bits per heavy atom. The number of carbonyl (C=O) groups excluding carboxylic acids is 1. The average Bonchev–Trinajstić information content (AvgIpc) is 2.38. The van der Waals surface area contributed by atoms with Crippen molar-refractivity contribution in [3.63, 3.8) is 0 Å². The van der Waals surface area contributed by atoms with E-state index in [-0.39, 0.29) is 24.1 Å². The maximum absolute atomic E-state index is 11.8. The molecule has 6 nitrogen and oxygen atoms in total. The Bertz CT molecular complexity index is 549. The molecular weight excluding hydrogens is 314 g/mol. The summed E-state index contributed by atoms with van der Waals surface area (Å²) in [6, 6.07) is 6.41. The van der Waals surface area contributed by atoms with Crippen LogP contribution in [-0.2, 0) is 10.0 Å². The molecule has 0 fully saturated rings. The molecule has 0 aliphatic carbocycles. The molecule has 0 aromatic heterocycles. The van der Waals surface area contributed by atoms with Crippen molar-refractivity contribution in [1.29, 1.82) is 0 Å². The van der Waals surface area contributed by atoms with Crippen LogP contribution < -0.4 is 15.8 Å². The van der Waals surface area contributed by atoms with Crippen LogP contribution in [0.15, 0.2) is 24.3 Å². The lowest BCUT2D eigenvalue weighted by Gasteiger charge is -2.09. The van der Waals surface area contributed by atoms with Crippen LogP contribution in [0.25, 0.3) is 0 Å². The number of nitrogens with one attached hydrogen (secondary N) is 2. The van der Waals surface area contributed by atoms with Crippen molar-refractivity contribution in [3.8, 4) is 0 Å². The van der Waals surface area contributed by atoms with Gasteiger partial charge in [0, 0.05) is 17.8 Å². The van der Waals surface area contributed by atoms with Crippen LogP contribution in [0.3, 0.4) is 0 Å². The molecule has 120 valence electrons. The monoisotopic (exact) mass is 335 g/mol. The van der Waals surface area contributed by atoms with Gasteiger partial charge < -0.3 is 11.1 Å². The fraction of sp³-hybridized carbons (Fsp3) is 0.462. The standard InChI is InChI=1S/C13H21N3O3S.ClH/c1-2-9-20(18,19)16-12-6-3-5-11(10-12)13(17)15-8-4-7-14;/h3,5-6,10,16H,2,4,7-9,14H2,1H3,(H,15,17);1H. The van der Waals surface area contributed by atoms with Gasteiger partial charge in [-0.15, -0.1) is 12.4 Å². The normalized spacial score (nSPS) is 10.6. The van der Waals surface area contributed by atoms with E-state index in [1.807, 2.05) is 0 Å². The summed E-state index contributed by atoms with van der Waals surface area (Å²) < 4.78 is 25.8. The number of benzene rings is 1. The molecule has 0 spiro atoms. The smallest absolute Gasteiger partial charge is 0.251 e. The summed E-state index contributed by atoms with van der Waals surface area (Å²) in [6.45, 7) is 2.80. The zero-order chi connectivity index (χ0) is 15.0. The molecule has 0 saturated carbocycles. The maximum atomic E-state index is 11.8. The van der Waals surface area contributed by atoms with Gasteiger partial charge >= 0.3 is 0 Å². The molecule has 0 bridgehead atoms. The van der Waals surface area contributed by atoms with Gasteiger partial charge in [0.2, 0.25) is 10.0 Å². The molecule has 1 aromatic rings. The molecule has 0 saturated heterocycles. The van der Waals surface area contributed by atoms with Crippen LogP contribution >= 0.6 is 12.4 Å². The molecular formula is C13H22ClN3O3S. The Morgan fingerprint density at radius 2 is 2.05 bits per heavy atom. The molecule has 0 heterocycles. The minimum absolute atomic E-state index is 0. The van der Waals surface area contributed by atoms with Crippen molar-refractivity contribution >= 4 is 34.0 Å². The summed E-state index contributed by atoms with van der Waals surface area (Å²) in [5.41, 5.74) is 6.16. The van der Waals surface area contributed by atoms with Crippen molar-refractivity contribution in [2.45, 2.75) is 19.8 Å². The third kappa shape index (κ3) is 7.31. The third-order valence-corrected chi connectivity index (χ3v) is 4.03. The fourth-order valence-corrected chi connectivity index (χ4v) is 2.75. The molecule has 0 atom stereocenters. The Balaban J connectivity index is 0.00000400. The second-order valence-corrected chi connectivity index (χ2v) is 6.24. The fourth-order valence-electron chi connectivity index (χ4n) is 1.63. The summed E-state index contributed by atoms with van der Waals surface area (Å²) >= 11 is 0. The molecule has 1 amide bonds. The topological polar surface area (TPSA) is 101 Å². The molecule has 1 rings (SSSR count). The zero-order valence-electron chi connectivity index (χ0n) is 12.0. The number of amides is 1. The van der Waals surface area contributed by atoms with Crippen LogP contribution in [-0.4, -0.2) is 33.2 Å². The number of sulfonamides is 1. The van der Waals surface area contributed by atoms with Crippen molar-refractivity contribution in [3.05, 3.63) is 29.8 Å². The van der Waals surface area contributed by atoms with E-state index < -0.39 is 10.0 Å². The lowest BCUT2D eigenvalue weighted by molar-refractivity contribution is 0.0953. The van der Waals surface area contributed by atoms with E-state index in [0.29, 0.717) is 37.2 Å². The van der Waals surface area contributed by atoms with E-state index in [0.717, 1.165) is 0 Å². The van der Waals surface area contributed by atoms with E-state index in [9.17, 15) is 13.2 Å². The minimum atomic E-state index is -3.35. The number of halogens is 1. The first-order chi connectivity index (χ1) is 9.48. The number of nitrogens with two attached hydrogens (primary N) is 1. The summed E-state index contributed by atoms with van der Waals surface area (Å²) in [7, 11) is -3.35. The molecule has 8 heteroatoms. The van der Waals surface area contributed by atoms with Gasteiger partial charge in [-0.25, -0.2) is 8.42 Å². The van der Waals surface area contributed by atoms with E-state index in [1.165, 1.54) is 6.07 Å².